The van der Waals surface area contributed by atoms with Crippen molar-refractivity contribution in [3.05, 3.63) is 104 Å². The Morgan fingerprint density at radius 3 is 2.71 bits per heavy atom. The number of fused-ring (bicyclic) bond motifs is 1. The molecule has 9 heteroatoms. The number of rotatable bonds is 10. The Balaban J connectivity index is 1.38. The van der Waals surface area contributed by atoms with E-state index in [4.69, 9.17) is 4.74 Å². The molecule has 0 aliphatic carbocycles. The first-order valence-electron chi connectivity index (χ1n) is 11.4. The minimum atomic E-state index is -0.106. The summed E-state index contributed by atoms with van der Waals surface area (Å²) in [4.78, 5) is 19.4. The van der Waals surface area contributed by atoms with Gasteiger partial charge in [0.25, 0.3) is 5.56 Å². The standard InChI is InChI=1S/C26H26N6O2S/c1-34-22-10-9-20-14-21(26(33)27-24(20)15-22)16-31(17-23-8-5-13-35-23)18-25-28-29-30-32(25)12-11-19-6-3-2-4-7-19/h2-10,13-15H,11-12,16-18H2,1H3,(H,27,33). The molecular weight excluding hydrogens is 460 g/mol. The summed E-state index contributed by atoms with van der Waals surface area (Å²) in [6.07, 6.45) is 0.845. The minimum absolute atomic E-state index is 0.106. The van der Waals surface area contributed by atoms with Gasteiger partial charge in [0.15, 0.2) is 5.82 Å². The van der Waals surface area contributed by atoms with Crippen LogP contribution in [0.25, 0.3) is 10.9 Å². The number of nitrogens with zero attached hydrogens (tertiary/aromatic N) is 5. The molecule has 2 aromatic carbocycles. The highest BCUT2D eigenvalue weighted by Crippen LogP contribution is 2.20. The number of aromatic nitrogens is 5. The van der Waals surface area contributed by atoms with E-state index in [1.54, 1.807) is 18.4 Å². The molecule has 0 fully saturated rings. The summed E-state index contributed by atoms with van der Waals surface area (Å²) in [7, 11) is 1.61. The number of hydrogen-bond acceptors (Lipinski definition) is 7. The SMILES string of the molecule is COc1ccc2cc(CN(Cc3cccs3)Cc3nnnn3CCc3ccccc3)c(=O)[nH]c2c1. The zero-order valence-corrected chi connectivity index (χ0v) is 20.2. The zero-order chi connectivity index (χ0) is 24.0. The Labute approximate surface area is 206 Å². The number of tetrazole rings is 1. The van der Waals surface area contributed by atoms with Gasteiger partial charge in [-0.1, -0.05) is 36.4 Å². The fourth-order valence-corrected chi connectivity index (χ4v) is 4.84. The van der Waals surface area contributed by atoms with E-state index in [1.807, 2.05) is 53.2 Å². The smallest absolute Gasteiger partial charge is 0.252 e. The number of benzene rings is 2. The van der Waals surface area contributed by atoms with Gasteiger partial charge in [0.05, 0.1) is 19.2 Å². The molecule has 0 radical (unpaired) electrons. The van der Waals surface area contributed by atoms with E-state index < -0.39 is 0 Å². The molecule has 5 aromatic rings. The average Bonchev–Trinajstić information content (AvgIpc) is 3.55. The largest absolute Gasteiger partial charge is 0.497 e. The number of methoxy groups -OCH3 is 1. The third-order valence-corrected chi connectivity index (χ3v) is 6.77. The van der Waals surface area contributed by atoms with E-state index in [2.05, 4.69) is 49.0 Å². The van der Waals surface area contributed by atoms with Crippen LogP contribution in [0.4, 0.5) is 0 Å². The lowest BCUT2D eigenvalue weighted by atomic mass is 10.1. The van der Waals surface area contributed by atoms with Crippen LogP contribution in [0.3, 0.4) is 0 Å². The molecule has 0 aliphatic heterocycles. The van der Waals surface area contributed by atoms with Gasteiger partial charge in [0, 0.05) is 36.1 Å². The summed E-state index contributed by atoms with van der Waals surface area (Å²) >= 11 is 1.70. The van der Waals surface area contributed by atoms with Crippen molar-refractivity contribution in [3.63, 3.8) is 0 Å². The van der Waals surface area contributed by atoms with Gasteiger partial charge in [-0.15, -0.1) is 16.4 Å². The van der Waals surface area contributed by atoms with Gasteiger partial charge in [0.1, 0.15) is 5.75 Å². The van der Waals surface area contributed by atoms with E-state index in [0.717, 1.165) is 23.1 Å². The average molecular weight is 487 g/mol. The van der Waals surface area contributed by atoms with Crippen LogP contribution in [0.2, 0.25) is 0 Å². The quantitative estimate of drug-likeness (QED) is 0.321. The van der Waals surface area contributed by atoms with E-state index in [1.165, 1.54) is 10.4 Å². The number of aryl methyl sites for hydroxylation is 2. The van der Waals surface area contributed by atoms with Crippen LogP contribution in [0.15, 0.2) is 76.9 Å². The highest BCUT2D eigenvalue weighted by Gasteiger charge is 2.16. The Hall–Kier alpha value is -3.82. The molecular formula is C26H26N6O2S. The van der Waals surface area contributed by atoms with Gasteiger partial charge in [-0.05, 0) is 57.4 Å². The fourth-order valence-electron chi connectivity index (χ4n) is 4.09. The molecule has 35 heavy (non-hydrogen) atoms. The zero-order valence-electron chi connectivity index (χ0n) is 19.4. The topological polar surface area (TPSA) is 88.9 Å². The maximum Gasteiger partial charge on any atom is 0.252 e. The summed E-state index contributed by atoms with van der Waals surface area (Å²) in [5.74, 6) is 1.49. The van der Waals surface area contributed by atoms with Crippen LogP contribution >= 0.6 is 11.3 Å². The Morgan fingerprint density at radius 2 is 1.91 bits per heavy atom. The molecule has 0 aliphatic rings. The number of hydrogen-bond donors (Lipinski definition) is 1. The molecule has 0 bridgehead atoms. The van der Waals surface area contributed by atoms with E-state index in [0.29, 0.717) is 37.5 Å². The first-order valence-corrected chi connectivity index (χ1v) is 12.3. The maximum absolute atomic E-state index is 12.9. The van der Waals surface area contributed by atoms with Crippen molar-refractivity contribution in [1.82, 2.24) is 30.1 Å². The molecule has 0 spiro atoms. The van der Waals surface area contributed by atoms with Crippen molar-refractivity contribution in [2.75, 3.05) is 7.11 Å². The van der Waals surface area contributed by atoms with E-state index >= 15 is 0 Å². The van der Waals surface area contributed by atoms with Crippen LogP contribution in [0.1, 0.15) is 21.8 Å². The molecule has 0 atom stereocenters. The molecule has 178 valence electrons. The lowest BCUT2D eigenvalue weighted by molar-refractivity contribution is 0.237. The lowest BCUT2D eigenvalue weighted by Gasteiger charge is -2.21. The molecule has 0 unspecified atom stereocenters. The fraction of sp³-hybridized carbons (Fsp3) is 0.231. The molecule has 0 amide bonds. The molecule has 5 rings (SSSR count). The number of nitrogens with one attached hydrogen (secondary N) is 1. The van der Waals surface area contributed by atoms with Gasteiger partial charge < -0.3 is 9.72 Å². The Kier molecular flexibility index (Phi) is 6.97. The highest BCUT2D eigenvalue weighted by molar-refractivity contribution is 7.09. The lowest BCUT2D eigenvalue weighted by Crippen LogP contribution is -2.28. The second kappa shape index (κ2) is 10.6. The Morgan fingerprint density at radius 1 is 1.03 bits per heavy atom. The highest BCUT2D eigenvalue weighted by atomic mass is 32.1. The molecule has 1 N–H and O–H groups in total. The summed E-state index contributed by atoms with van der Waals surface area (Å²) in [5, 5.41) is 15.5. The van der Waals surface area contributed by atoms with Crippen molar-refractivity contribution < 1.29 is 4.74 Å². The minimum Gasteiger partial charge on any atom is -0.497 e. The number of pyridine rings is 1. The number of ether oxygens (including phenoxy) is 1. The summed E-state index contributed by atoms with van der Waals surface area (Å²) in [6.45, 7) is 2.39. The monoisotopic (exact) mass is 486 g/mol. The number of aromatic amines is 1. The maximum atomic E-state index is 12.9. The molecule has 0 saturated heterocycles. The van der Waals surface area contributed by atoms with Crippen LogP contribution in [0, 0.1) is 0 Å². The van der Waals surface area contributed by atoms with Crippen LogP contribution in [-0.4, -0.2) is 37.2 Å². The van der Waals surface area contributed by atoms with Gasteiger partial charge in [0.2, 0.25) is 0 Å². The van der Waals surface area contributed by atoms with Crippen LogP contribution in [-0.2, 0) is 32.6 Å². The van der Waals surface area contributed by atoms with Crippen LogP contribution in [0.5, 0.6) is 5.75 Å². The normalized spacial score (nSPS) is 11.4. The molecule has 3 heterocycles. The predicted octanol–water partition coefficient (Wildman–Crippen LogP) is 4.03. The second-order valence-corrected chi connectivity index (χ2v) is 9.39. The summed E-state index contributed by atoms with van der Waals surface area (Å²) in [5.41, 5.74) is 2.59. The summed E-state index contributed by atoms with van der Waals surface area (Å²) < 4.78 is 7.14. The third kappa shape index (κ3) is 5.64. The van der Waals surface area contributed by atoms with Crippen LogP contribution < -0.4 is 10.3 Å². The van der Waals surface area contributed by atoms with Crippen molar-refractivity contribution >= 4 is 22.2 Å². The first-order chi connectivity index (χ1) is 17.2. The van der Waals surface area contributed by atoms with Crippen molar-refractivity contribution in [1.29, 1.82) is 0 Å². The van der Waals surface area contributed by atoms with Gasteiger partial charge in [-0.2, -0.15) is 0 Å². The van der Waals surface area contributed by atoms with E-state index in [-0.39, 0.29) is 5.56 Å². The third-order valence-electron chi connectivity index (χ3n) is 5.91. The number of H-pyrrole nitrogens is 1. The van der Waals surface area contributed by atoms with Crippen molar-refractivity contribution in [3.8, 4) is 5.75 Å². The van der Waals surface area contributed by atoms with Crippen molar-refractivity contribution in [2.24, 2.45) is 0 Å². The van der Waals surface area contributed by atoms with Crippen molar-refractivity contribution in [2.45, 2.75) is 32.6 Å². The Bertz CT molecular complexity index is 1450. The first kappa shape index (κ1) is 22.9. The van der Waals surface area contributed by atoms with E-state index in [9.17, 15) is 4.79 Å². The van der Waals surface area contributed by atoms with Gasteiger partial charge >= 0.3 is 0 Å². The molecule has 0 saturated carbocycles. The summed E-state index contributed by atoms with van der Waals surface area (Å²) in [6, 6.07) is 22.1. The van der Waals surface area contributed by atoms with Gasteiger partial charge in [-0.3, -0.25) is 9.69 Å². The second-order valence-electron chi connectivity index (χ2n) is 8.36. The predicted molar refractivity (Wildman–Crippen MR) is 136 cm³/mol. The molecule has 3 aromatic heterocycles. The molecule has 8 nitrogen and oxygen atoms in total. The van der Waals surface area contributed by atoms with Gasteiger partial charge in [-0.25, -0.2) is 4.68 Å². The number of thiophene rings is 1.